The lowest BCUT2D eigenvalue weighted by atomic mass is 10.3. The molecule has 0 fully saturated rings. The molecule has 0 unspecified atom stereocenters. The Bertz CT molecular complexity index is 635. The number of aromatic nitrogens is 2. The lowest BCUT2D eigenvalue weighted by molar-refractivity contribution is 1.02. The van der Waals surface area contributed by atoms with Crippen molar-refractivity contribution in [2.45, 2.75) is 6.92 Å². The minimum atomic E-state index is 0.562. The van der Waals surface area contributed by atoms with Gasteiger partial charge in [-0.25, -0.2) is 9.97 Å². The van der Waals surface area contributed by atoms with E-state index in [2.05, 4.69) is 31.2 Å². The van der Waals surface area contributed by atoms with Crippen LogP contribution in [0.25, 0.3) is 0 Å². The van der Waals surface area contributed by atoms with Gasteiger partial charge < -0.3 is 5.32 Å². The number of halogens is 1. The minimum absolute atomic E-state index is 0.562. The zero-order chi connectivity index (χ0) is 13.8. The Labute approximate surface area is 120 Å². The summed E-state index contributed by atoms with van der Waals surface area (Å²) in [5.41, 5.74) is 0.915. The molecule has 0 aliphatic heterocycles. The predicted molar refractivity (Wildman–Crippen MR) is 78.2 cm³/mol. The Morgan fingerprint density at radius 3 is 2.79 bits per heavy atom. The van der Waals surface area contributed by atoms with Gasteiger partial charge in [0.15, 0.2) is 6.19 Å². The van der Waals surface area contributed by atoms with Gasteiger partial charge in [-0.3, -0.25) is 4.90 Å². The highest BCUT2D eigenvalue weighted by molar-refractivity contribution is 9.10. The van der Waals surface area contributed by atoms with E-state index in [9.17, 15) is 0 Å². The van der Waals surface area contributed by atoms with Crippen LogP contribution < -0.4 is 10.2 Å². The van der Waals surface area contributed by atoms with Crippen molar-refractivity contribution in [1.82, 2.24) is 9.97 Å². The number of nitrogens with zero attached hydrogens (tertiary/aromatic N) is 4. The molecule has 2 aromatic rings. The Morgan fingerprint density at radius 2 is 2.11 bits per heavy atom. The molecule has 0 saturated carbocycles. The summed E-state index contributed by atoms with van der Waals surface area (Å²) in [6, 6.07) is 9.51. The second-order valence-corrected chi connectivity index (χ2v) is 4.87. The van der Waals surface area contributed by atoms with Gasteiger partial charge in [0.25, 0.3) is 0 Å². The number of anilines is 3. The molecule has 0 radical (unpaired) electrons. The summed E-state index contributed by atoms with van der Waals surface area (Å²) < 4.78 is 0.984. The smallest absolute Gasteiger partial charge is 0.185 e. The molecule has 1 N–H and O–H groups in total. The Balaban J connectivity index is 2.30. The van der Waals surface area contributed by atoms with E-state index in [4.69, 9.17) is 5.26 Å². The molecule has 1 heterocycles. The number of nitriles is 1. The molecule has 0 aliphatic rings. The van der Waals surface area contributed by atoms with Crippen LogP contribution in [-0.2, 0) is 0 Å². The van der Waals surface area contributed by atoms with Gasteiger partial charge in [0.1, 0.15) is 17.5 Å². The van der Waals surface area contributed by atoms with Gasteiger partial charge in [0.2, 0.25) is 0 Å². The molecule has 1 aromatic heterocycles. The first-order chi connectivity index (χ1) is 9.08. The number of hydrogen-bond acceptors (Lipinski definition) is 5. The zero-order valence-electron chi connectivity index (χ0n) is 10.6. The second kappa shape index (κ2) is 5.67. The molecule has 0 spiro atoms. The van der Waals surface area contributed by atoms with Crippen molar-refractivity contribution in [3.63, 3.8) is 0 Å². The van der Waals surface area contributed by atoms with E-state index in [1.165, 1.54) is 4.90 Å². The molecule has 0 bridgehead atoms. The first-order valence-corrected chi connectivity index (χ1v) is 6.39. The molecule has 19 heavy (non-hydrogen) atoms. The van der Waals surface area contributed by atoms with Crippen LogP contribution in [0.3, 0.4) is 0 Å². The normalized spacial score (nSPS) is 9.79. The molecule has 0 atom stereocenters. The van der Waals surface area contributed by atoms with Crippen molar-refractivity contribution < 1.29 is 0 Å². The van der Waals surface area contributed by atoms with Crippen LogP contribution in [0.5, 0.6) is 0 Å². The van der Waals surface area contributed by atoms with E-state index >= 15 is 0 Å². The second-order valence-electron chi connectivity index (χ2n) is 3.95. The largest absolute Gasteiger partial charge is 0.340 e. The van der Waals surface area contributed by atoms with Crippen molar-refractivity contribution in [3.05, 3.63) is 40.6 Å². The summed E-state index contributed by atoms with van der Waals surface area (Å²) in [4.78, 5) is 9.90. The summed E-state index contributed by atoms with van der Waals surface area (Å²) >= 11 is 3.41. The predicted octanol–water partition coefficient (Wildman–Crippen LogP) is 3.21. The standard InChI is InChI=1S/C13H12BrN5/c1-9-16-12(7-13(17-9)19(2)8-15)18-11-5-3-4-10(14)6-11/h3-7H,1-2H3,(H,16,17,18). The van der Waals surface area contributed by atoms with Crippen LogP contribution in [0.1, 0.15) is 5.82 Å². The molecule has 0 aliphatic carbocycles. The van der Waals surface area contributed by atoms with Crippen molar-refractivity contribution in [2.75, 3.05) is 17.3 Å². The van der Waals surface area contributed by atoms with Crippen LogP contribution in [-0.4, -0.2) is 17.0 Å². The van der Waals surface area contributed by atoms with Gasteiger partial charge in [-0.05, 0) is 25.1 Å². The molecule has 2 rings (SSSR count). The third kappa shape index (κ3) is 3.42. The van der Waals surface area contributed by atoms with E-state index in [-0.39, 0.29) is 0 Å². The Kier molecular flexibility index (Phi) is 3.97. The molecule has 96 valence electrons. The highest BCUT2D eigenvalue weighted by Gasteiger charge is 2.06. The highest BCUT2D eigenvalue weighted by Crippen LogP contribution is 2.21. The van der Waals surface area contributed by atoms with Crippen LogP contribution >= 0.6 is 15.9 Å². The monoisotopic (exact) mass is 317 g/mol. The van der Waals surface area contributed by atoms with Crippen molar-refractivity contribution in [3.8, 4) is 6.19 Å². The third-order valence-electron chi connectivity index (χ3n) is 2.42. The van der Waals surface area contributed by atoms with Gasteiger partial charge in [-0.1, -0.05) is 22.0 Å². The van der Waals surface area contributed by atoms with E-state index in [1.807, 2.05) is 30.5 Å². The summed E-state index contributed by atoms with van der Waals surface area (Å²) in [5.74, 6) is 1.83. The van der Waals surface area contributed by atoms with Crippen molar-refractivity contribution >= 4 is 33.3 Å². The first-order valence-electron chi connectivity index (χ1n) is 5.60. The SMILES string of the molecule is Cc1nc(Nc2cccc(Br)c2)cc(N(C)C#N)n1. The molecule has 5 nitrogen and oxygen atoms in total. The summed E-state index contributed by atoms with van der Waals surface area (Å²) in [7, 11) is 1.66. The quantitative estimate of drug-likeness (QED) is 0.695. The van der Waals surface area contributed by atoms with Gasteiger partial charge in [0.05, 0.1) is 0 Å². The first kappa shape index (κ1) is 13.3. The lowest BCUT2D eigenvalue weighted by Crippen LogP contribution is -2.12. The number of rotatable bonds is 3. The van der Waals surface area contributed by atoms with Gasteiger partial charge in [0, 0.05) is 23.3 Å². The number of benzene rings is 1. The maximum atomic E-state index is 8.89. The molecular weight excluding hydrogens is 306 g/mol. The van der Waals surface area contributed by atoms with Crippen molar-refractivity contribution in [2.24, 2.45) is 0 Å². The van der Waals surface area contributed by atoms with Gasteiger partial charge in [-0.15, -0.1) is 0 Å². The van der Waals surface area contributed by atoms with E-state index < -0.39 is 0 Å². The third-order valence-corrected chi connectivity index (χ3v) is 2.91. The fraction of sp³-hybridized carbons (Fsp3) is 0.154. The van der Waals surface area contributed by atoms with Gasteiger partial charge in [-0.2, -0.15) is 5.26 Å². The average Bonchev–Trinajstić information content (AvgIpc) is 2.37. The molecule has 0 amide bonds. The van der Waals surface area contributed by atoms with Gasteiger partial charge >= 0.3 is 0 Å². The summed E-state index contributed by atoms with van der Waals surface area (Å²) in [6.45, 7) is 1.79. The fourth-order valence-electron chi connectivity index (χ4n) is 1.55. The van der Waals surface area contributed by atoms with Crippen molar-refractivity contribution in [1.29, 1.82) is 5.26 Å². The summed E-state index contributed by atoms with van der Waals surface area (Å²) in [5, 5.41) is 12.1. The topological polar surface area (TPSA) is 64.8 Å². The molecule has 1 aromatic carbocycles. The van der Waals surface area contributed by atoms with Crippen LogP contribution in [0, 0.1) is 18.4 Å². The highest BCUT2D eigenvalue weighted by atomic mass is 79.9. The number of nitrogens with one attached hydrogen (secondary N) is 1. The van der Waals surface area contributed by atoms with Crippen LogP contribution in [0.4, 0.5) is 17.3 Å². The lowest BCUT2D eigenvalue weighted by Gasteiger charge is -2.11. The number of hydrogen-bond donors (Lipinski definition) is 1. The van der Waals surface area contributed by atoms with E-state index in [0.717, 1.165) is 10.2 Å². The number of aryl methyl sites for hydroxylation is 1. The van der Waals surface area contributed by atoms with Crippen LogP contribution in [0.2, 0.25) is 0 Å². The minimum Gasteiger partial charge on any atom is -0.340 e. The van der Waals surface area contributed by atoms with Crippen LogP contribution in [0.15, 0.2) is 34.8 Å². The average molecular weight is 318 g/mol. The molecular formula is C13H12BrN5. The maximum absolute atomic E-state index is 8.89. The molecule has 0 saturated heterocycles. The molecule has 6 heteroatoms. The Hall–Kier alpha value is -2.13. The summed E-state index contributed by atoms with van der Waals surface area (Å²) in [6.07, 6.45) is 2.02. The maximum Gasteiger partial charge on any atom is 0.185 e. The fourth-order valence-corrected chi connectivity index (χ4v) is 1.95. The van der Waals surface area contributed by atoms with E-state index in [1.54, 1.807) is 20.0 Å². The van der Waals surface area contributed by atoms with E-state index in [0.29, 0.717) is 17.5 Å². The Morgan fingerprint density at radius 1 is 1.32 bits per heavy atom. The zero-order valence-corrected chi connectivity index (χ0v) is 12.1.